The minimum atomic E-state index is -0.796. The maximum absolute atomic E-state index is 12.7. The summed E-state index contributed by atoms with van der Waals surface area (Å²) in [5.41, 5.74) is -1.39. The molecule has 2 atom stereocenters. The van der Waals surface area contributed by atoms with Crippen molar-refractivity contribution in [1.29, 1.82) is 0 Å². The fourth-order valence-electron chi connectivity index (χ4n) is 5.10. The van der Waals surface area contributed by atoms with Crippen LogP contribution >= 0.6 is 0 Å². The Hall–Kier alpha value is -1.07. The third-order valence-corrected chi connectivity index (χ3v) is 7.31. The van der Waals surface area contributed by atoms with Gasteiger partial charge in [0.05, 0.1) is 18.8 Å². The highest BCUT2D eigenvalue weighted by atomic mass is 16.6. The van der Waals surface area contributed by atoms with E-state index in [0.29, 0.717) is 6.61 Å². The van der Waals surface area contributed by atoms with Gasteiger partial charge >= 0.3 is 6.09 Å². The van der Waals surface area contributed by atoms with Crippen molar-refractivity contribution in [1.82, 2.24) is 4.90 Å². The fourth-order valence-corrected chi connectivity index (χ4v) is 5.10. The Bertz CT molecular complexity index is 610. The summed E-state index contributed by atoms with van der Waals surface area (Å²) in [5.74, 6) is 0. The molecular formula is C32H61NO4. The van der Waals surface area contributed by atoms with Gasteiger partial charge in [0.15, 0.2) is 0 Å². The van der Waals surface area contributed by atoms with Crippen LogP contribution in [0.2, 0.25) is 0 Å². The van der Waals surface area contributed by atoms with E-state index in [1.165, 1.54) is 103 Å². The molecule has 0 bridgehead atoms. The Morgan fingerprint density at radius 1 is 0.892 bits per heavy atom. The molecule has 37 heavy (non-hydrogen) atoms. The molecule has 1 heterocycles. The quantitative estimate of drug-likeness (QED) is 0.128. The van der Waals surface area contributed by atoms with E-state index in [2.05, 4.69) is 13.0 Å². The number of aliphatic hydroxyl groups is 1. The number of unbranched alkanes of at least 4 members (excludes halogenated alkanes) is 17. The molecule has 1 amide bonds. The van der Waals surface area contributed by atoms with Crippen LogP contribution < -0.4 is 0 Å². The molecule has 1 saturated heterocycles. The molecule has 0 aromatic rings. The molecule has 1 N–H and O–H groups in total. The molecule has 0 radical (unpaired) electrons. The predicted octanol–water partition coefficient (Wildman–Crippen LogP) is 9.32. The minimum Gasteiger partial charge on any atom is -0.444 e. The highest BCUT2D eigenvalue weighted by Crippen LogP contribution is 2.31. The Kier molecular flexibility index (Phi) is 17.5. The van der Waals surface area contributed by atoms with Crippen molar-refractivity contribution in [3.05, 3.63) is 12.2 Å². The van der Waals surface area contributed by atoms with Crippen molar-refractivity contribution in [3.63, 3.8) is 0 Å². The Morgan fingerprint density at radius 3 is 1.76 bits per heavy atom. The molecule has 1 aliphatic heterocycles. The predicted molar refractivity (Wildman–Crippen MR) is 156 cm³/mol. The van der Waals surface area contributed by atoms with Gasteiger partial charge in [-0.25, -0.2) is 4.79 Å². The number of allylic oxidation sites excluding steroid dienone is 1. The summed E-state index contributed by atoms with van der Waals surface area (Å²) in [6.07, 6.45) is 27.0. The van der Waals surface area contributed by atoms with Crippen molar-refractivity contribution in [2.24, 2.45) is 0 Å². The molecule has 5 heteroatoms. The average Bonchev–Trinajstić information content (AvgIpc) is 3.14. The van der Waals surface area contributed by atoms with Crippen molar-refractivity contribution >= 4 is 6.09 Å². The van der Waals surface area contributed by atoms with E-state index in [9.17, 15) is 9.90 Å². The number of hydrogen-bond acceptors (Lipinski definition) is 4. The van der Waals surface area contributed by atoms with E-state index in [1.807, 2.05) is 40.7 Å². The summed E-state index contributed by atoms with van der Waals surface area (Å²) >= 11 is 0. The minimum absolute atomic E-state index is 0.302. The van der Waals surface area contributed by atoms with E-state index in [4.69, 9.17) is 9.47 Å². The second-order valence-corrected chi connectivity index (χ2v) is 12.5. The van der Waals surface area contributed by atoms with Crippen LogP contribution in [-0.4, -0.2) is 46.2 Å². The third-order valence-electron chi connectivity index (χ3n) is 7.31. The number of carbonyl (C=O) groups is 1. The molecule has 1 rings (SSSR count). The summed E-state index contributed by atoms with van der Waals surface area (Å²) in [5, 5.41) is 10.7. The molecule has 0 unspecified atom stereocenters. The van der Waals surface area contributed by atoms with Crippen LogP contribution in [0.3, 0.4) is 0 Å². The van der Waals surface area contributed by atoms with Crippen LogP contribution in [0.25, 0.3) is 0 Å². The monoisotopic (exact) mass is 523 g/mol. The van der Waals surface area contributed by atoms with E-state index >= 15 is 0 Å². The smallest absolute Gasteiger partial charge is 0.413 e. The second kappa shape index (κ2) is 19.1. The molecule has 0 aromatic heterocycles. The van der Waals surface area contributed by atoms with Gasteiger partial charge in [-0.15, -0.1) is 0 Å². The van der Waals surface area contributed by atoms with Crippen LogP contribution in [0, 0.1) is 0 Å². The summed E-state index contributed by atoms with van der Waals surface area (Å²) in [7, 11) is 0. The van der Waals surface area contributed by atoms with Gasteiger partial charge < -0.3 is 14.6 Å². The molecule has 0 aliphatic carbocycles. The normalized spacial score (nSPS) is 18.6. The molecule has 0 aromatic carbocycles. The van der Waals surface area contributed by atoms with Crippen LogP contribution in [0.4, 0.5) is 4.79 Å². The zero-order valence-corrected chi connectivity index (χ0v) is 25.4. The molecule has 0 spiro atoms. The van der Waals surface area contributed by atoms with E-state index < -0.39 is 29.6 Å². The largest absolute Gasteiger partial charge is 0.444 e. The van der Waals surface area contributed by atoms with Gasteiger partial charge in [0.2, 0.25) is 0 Å². The number of hydrogen-bond donors (Lipinski definition) is 1. The van der Waals surface area contributed by atoms with E-state index in [-0.39, 0.29) is 0 Å². The standard InChI is InChI=1S/C32H61NO4/c1-7-8-9-10-11-12-13-14-15-16-17-18-19-20-21-22-23-24-25-26-29(34)28-27-36-32(5,6)33(28)30(35)37-31(2,3)4/h25-26,28-29,34H,7-24,27H2,1-6H3/b26-25+/t28-,29+/m0/s1. The molecule has 1 aliphatic rings. The van der Waals surface area contributed by atoms with Crippen LogP contribution in [0.15, 0.2) is 12.2 Å². The lowest BCUT2D eigenvalue weighted by Crippen LogP contribution is -2.53. The summed E-state index contributed by atoms with van der Waals surface area (Å²) in [6, 6.07) is -0.434. The van der Waals surface area contributed by atoms with E-state index in [1.54, 1.807) is 4.90 Å². The van der Waals surface area contributed by atoms with Gasteiger partial charge in [0, 0.05) is 0 Å². The molecular weight excluding hydrogens is 462 g/mol. The van der Waals surface area contributed by atoms with Gasteiger partial charge in [-0.1, -0.05) is 122 Å². The number of carbonyl (C=O) groups excluding carboxylic acids is 1. The number of ether oxygens (including phenoxy) is 2. The first-order chi connectivity index (χ1) is 17.6. The molecule has 5 nitrogen and oxygen atoms in total. The van der Waals surface area contributed by atoms with Gasteiger partial charge in [0.1, 0.15) is 11.3 Å². The number of aliphatic hydroxyl groups excluding tert-OH is 1. The van der Waals surface area contributed by atoms with Crippen LogP contribution in [0.5, 0.6) is 0 Å². The Morgan fingerprint density at radius 2 is 1.32 bits per heavy atom. The fraction of sp³-hybridized carbons (Fsp3) is 0.906. The molecule has 1 fully saturated rings. The zero-order chi connectivity index (χ0) is 27.6. The number of nitrogens with zero attached hydrogens (tertiary/aromatic N) is 1. The summed E-state index contributed by atoms with van der Waals surface area (Å²) < 4.78 is 11.4. The first-order valence-corrected chi connectivity index (χ1v) is 15.6. The lowest BCUT2D eigenvalue weighted by Gasteiger charge is -2.36. The third kappa shape index (κ3) is 15.8. The summed E-state index contributed by atoms with van der Waals surface area (Å²) in [4.78, 5) is 14.3. The number of amides is 1. The Labute approximate surface area is 229 Å². The number of rotatable bonds is 20. The highest BCUT2D eigenvalue weighted by molar-refractivity contribution is 5.70. The van der Waals surface area contributed by atoms with Crippen molar-refractivity contribution in [2.45, 2.75) is 181 Å². The maximum atomic E-state index is 12.7. The maximum Gasteiger partial charge on any atom is 0.413 e. The van der Waals surface area contributed by atoms with Gasteiger partial charge in [0.25, 0.3) is 0 Å². The lowest BCUT2D eigenvalue weighted by atomic mass is 10.0. The summed E-state index contributed by atoms with van der Waals surface area (Å²) in [6.45, 7) is 11.8. The van der Waals surface area contributed by atoms with Gasteiger partial charge in [-0.3, -0.25) is 4.90 Å². The van der Waals surface area contributed by atoms with Crippen LogP contribution in [-0.2, 0) is 9.47 Å². The SMILES string of the molecule is CCCCCCCCCCCCCCCCCCC/C=C/[C@@H](O)[C@@H]1COC(C)(C)N1C(=O)OC(C)(C)C. The highest BCUT2D eigenvalue weighted by Gasteiger charge is 2.47. The second-order valence-electron chi connectivity index (χ2n) is 12.5. The lowest BCUT2D eigenvalue weighted by molar-refractivity contribution is -0.0661. The van der Waals surface area contributed by atoms with Crippen LogP contribution in [0.1, 0.15) is 157 Å². The average molecular weight is 524 g/mol. The zero-order valence-electron chi connectivity index (χ0n) is 25.4. The molecule has 218 valence electrons. The van der Waals surface area contributed by atoms with Crippen molar-refractivity contribution in [2.75, 3.05) is 6.61 Å². The first-order valence-electron chi connectivity index (χ1n) is 15.6. The molecule has 0 saturated carbocycles. The van der Waals surface area contributed by atoms with Gasteiger partial charge in [-0.2, -0.15) is 0 Å². The van der Waals surface area contributed by atoms with Gasteiger partial charge in [-0.05, 0) is 47.5 Å². The van der Waals surface area contributed by atoms with Crippen molar-refractivity contribution < 1.29 is 19.4 Å². The topological polar surface area (TPSA) is 59.0 Å². The Balaban J connectivity index is 2.05. The van der Waals surface area contributed by atoms with E-state index in [0.717, 1.165) is 12.8 Å². The first kappa shape index (κ1) is 34.0. The van der Waals surface area contributed by atoms with Crippen molar-refractivity contribution in [3.8, 4) is 0 Å².